The molecule has 0 aliphatic carbocycles. The molecule has 0 saturated carbocycles. The van der Waals surface area contributed by atoms with Crippen LogP contribution in [0, 0.1) is 0 Å². The molecule has 0 fully saturated rings. The number of hydrogen-bond donors (Lipinski definition) is 1. The zero-order valence-electron chi connectivity index (χ0n) is 12.1. The Hall–Kier alpha value is -2.30. The summed E-state index contributed by atoms with van der Waals surface area (Å²) in [5, 5.41) is 3.38. The summed E-state index contributed by atoms with van der Waals surface area (Å²) in [6.45, 7) is 5.31. The molecule has 5 heteroatoms. The van der Waals surface area contributed by atoms with Crippen molar-refractivity contribution >= 4 is 22.7 Å². The molecule has 0 radical (unpaired) electrons. The number of nitrogens with one attached hydrogen (secondary N) is 1. The number of fused-ring (bicyclic) bond motifs is 1. The zero-order chi connectivity index (χ0) is 14.9. The summed E-state index contributed by atoms with van der Waals surface area (Å²) in [5.41, 5.74) is 0.147. The third-order valence-electron chi connectivity index (χ3n) is 2.77. The lowest BCUT2D eigenvalue weighted by atomic mass is 10.2. The van der Waals surface area contributed by atoms with Gasteiger partial charge in [0, 0.05) is 12.4 Å². The number of carbonyl (C=O) groups excluding carboxylic acids is 1. The fourth-order valence-electron chi connectivity index (χ4n) is 1.93. The predicted octanol–water partition coefficient (Wildman–Crippen LogP) is 2.89. The third-order valence-corrected chi connectivity index (χ3v) is 2.77. The van der Waals surface area contributed by atoms with Gasteiger partial charge in [-0.15, -0.1) is 0 Å². The molecule has 0 saturated heterocycles. The van der Waals surface area contributed by atoms with Crippen LogP contribution in [0.5, 0.6) is 0 Å². The van der Waals surface area contributed by atoms with Gasteiger partial charge in [-0.3, -0.25) is 10.1 Å². The first-order valence-electron chi connectivity index (χ1n) is 6.37. The van der Waals surface area contributed by atoms with Gasteiger partial charge >= 0.3 is 6.09 Å². The maximum atomic E-state index is 12.2. The second-order valence-corrected chi connectivity index (χ2v) is 5.61. The minimum atomic E-state index is -0.634. The third kappa shape index (κ3) is 2.99. The van der Waals surface area contributed by atoms with Gasteiger partial charge in [-0.05, 0) is 32.9 Å². The van der Waals surface area contributed by atoms with Gasteiger partial charge in [-0.25, -0.2) is 4.79 Å². The number of aryl methyl sites for hydroxylation is 1. The number of carbonyl (C=O) groups is 1. The highest BCUT2D eigenvalue weighted by molar-refractivity contribution is 5.89. The molecular weight excluding hydrogens is 256 g/mol. The van der Waals surface area contributed by atoms with Gasteiger partial charge < -0.3 is 9.30 Å². The van der Waals surface area contributed by atoms with Crippen LogP contribution in [-0.4, -0.2) is 16.3 Å². The van der Waals surface area contributed by atoms with E-state index in [4.69, 9.17) is 4.74 Å². The lowest BCUT2D eigenvalue weighted by Gasteiger charge is -2.19. The van der Waals surface area contributed by atoms with Crippen molar-refractivity contribution in [3.63, 3.8) is 0 Å². The highest BCUT2D eigenvalue weighted by Crippen LogP contribution is 2.15. The molecule has 1 aromatic carbocycles. The molecule has 0 aliphatic rings. The fourth-order valence-corrected chi connectivity index (χ4v) is 1.93. The number of hydrogen-bond acceptors (Lipinski definition) is 3. The topological polar surface area (TPSA) is 60.3 Å². The van der Waals surface area contributed by atoms with E-state index in [0.717, 1.165) is 10.9 Å². The second-order valence-electron chi connectivity index (χ2n) is 5.61. The van der Waals surface area contributed by atoms with Crippen molar-refractivity contribution in [2.75, 3.05) is 5.32 Å². The van der Waals surface area contributed by atoms with Crippen LogP contribution in [0.15, 0.2) is 35.1 Å². The molecule has 1 N–H and O–H groups in total. The highest BCUT2D eigenvalue weighted by atomic mass is 16.6. The number of amides is 1. The summed E-state index contributed by atoms with van der Waals surface area (Å²) in [6, 6.07) is 9.14. The van der Waals surface area contributed by atoms with Crippen molar-refractivity contribution in [3.05, 3.63) is 40.7 Å². The average molecular weight is 274 g/mol. The van der Waals surface area contributed by atoms with Gasteiger partial charge in [-0.1, -0.05) is 18.2 Å². The van der Waals surface area contributed by atoms with Crippen molar-refractivity contribution in [1.82, 2.24) is 4.57 Å². The highest BCUT2D eigenvalue weighted by Gasteiger charge is 2.17. The molecule has 0 atom stereocenters. The molecule has 1 heterocycles. The maximum Gasteiger partial charge on any atom is 0.412 e. The molecule has 2 aromatic rings. The molecule has 1 amide bonds. The molecule has 5 nitrogen and oxygen atoms in total. The van der Waals surface area contributed by atoms with E-state index < -0.39 is 11.7 Å². The maximum absolute atomic E-state index is 12.2. The largest absolute Gasteiger partial charge is 0.444 e. The number of rotatable bonds is 1. The van der Waals surface area contributed by atoms with Crippen LogP contribution in [0.4, 0.5) is 10.5 Å². The number of pyridine rings is 1. The molecular formula is C15H18N2O3. The first-order chi connectivity index (χ1) is 9.28. The number of para-hydroxylation sites is 1. The Kier molecular flexibility index (Phi) is 3.53. The van der Waals surface area contributed by atoms with E-state index in [-0.39, 0.29) is 11.2 Å². The Morgan fingerprint density at radius 2 is 1.90 bits per heavy atom. The predicted molar refractivity (Wildman–Crippen MR) is 79.0 cm³/mol. The van der Waals surface area contributed by atoms with Crippen molar-refractivity contribution < 1.29 is 9.53 Å². The molecule has 0 bridgehead atoms. The van der Waals surface area contributed by atoms with Gasteiger partial charge in [0.2, 0.25) is 0 Å². The van der Waals surface area contributed by atoms with Gasteiger partial charge in [0.05, 0.1) is 5.52 Å². The Balaban J connectivity index is 2.38. The van der Waals surface area contributed by atoms with Crippen molar-refractivity contribution in [1.29, 1.82) is 0 Å². The first-order valence-corrected chi connectivity index (χ1v) is 6.37. The van der Waals surface area contributed by atoms with Crippen molar-refractivity contribution in [2.24, 2.45) is 7.05 Å². The summed E-state index contributed by atoms with van der Waals surface area (Å²) in [4.78, 5) is 23.9. The molecule has 106 valence electrons. The molecule has 2 rings (SSSR count). The SMILES string of the molecule is Cn1c(=O)c(NC(=O)OC(C)(C)C)cc2ccccc21. The van der Waals surface area contributed by atoms with E-state index in [1.807, 2.05) is 24.3 Å². The van der Waals surface area contributed by atoms with E-state index in [2.05, 4.69) is 5.32 Å². The zero-order valence-corrected chi connectivity index (χ0v) is 12.1. The van der Waals surface area contributed by atoms with E-state index in [1.165, 1.54) is 4.57 Å². The van der Waals surface area contributed by atoms with E-state index in [9.17, 15) is 9.59 Å². The van der Waals surface area contributed by atoms with Crippen LogP contribution in [0.2, 0.25) is 0 Å². The van der Waals surface area contributed by atoms with Crippen LogP contribution in [-0.2, 0) is 11.8 Å². The summed E-state index contributed by atoms with van der Waals surface area (Å²) in [6.07, 6.45) is -0.634. The normalized spacial score (nSPS) is 11.4. The number of aromatic nitrogens is 1. The Bertz CT molecular complexity index is 711. The average Bonchev–Trinajstić information content (AvgIpc) is 2.33. The first kappa shape index (κ1) is 14.1. The van der Waals surface area contributed by atoms with Crippen molar-refractivity contribution in [2.45, 2.75) is 26.4 Å². The molecule has 0 aliphatic heterocycles. The minimum Gasteiger partial charge on any atom is -0.444 e. The lowest BCUT2D eigenvalue weighted by Crippen LogP contribution is -2.30. The summed E-state index contributed by atoms with van der Waals surface area (Å²) in [7, 11) is 1.67. The Morgan fingerprint density at radius 1 is 1.25 bits per heavy atom. The molecule has 0 unspecified atom stereocenters. The second kappa shape index (κ2) is 5.00. The Morgan fingerprint density at radius 3 is 2.55 bits per heavy atom. The van der Waals surface area contributed by atoms with Gasteiger partial charge in [0.1, 0.15) is 11.3 Å². The number of anilines is 1. The number of benzene rings is 1. The van der Waals surface area contributed by atoms with E-state index in [1.54, 1.807) is 33.9 Å². The van der Waals surface area contributed by atoms with Gasteiger partial charge in [0.25, 0.3) is 5.56 Å². The molecule has 20 heavy (non-hydrogen) atoms. The molecule has 0 spiro atoms. The minimum absolute atomic E-state index is 0.209. The van der Waals surface area contributed by atoms with Crippen LogP contribution in [0.1, 0.15) is 20.8 Å². The number of nitrogens with zero attached hydrogens (tertiary/aromatic N) is 1. The molecule has 1 aromatic heterocycles. The summed E-state index contributed by atoms with van der Waals surface area (Å²) < 4.78 is 6.65. The van der Waals surface area contributed by atoms with Crippen molar-refractivity contribution in [3.8, 4) is 0 Å². The van der Waals surface area contributed by atoms with Crippen LogP contribution >= 0.6 is 0 Å². The number of ether oxygens (including phenoxy) is 1. The van der Waals surface area contributed by atoms with Gasteiger partial charge in [-0.2, -0.15) is 0 Å². The quantitative estimate of drug-likeness (QED) is 0.869. The Labute approximate surface area is 117 Å². The van der Waals surface area contributed by atoms with Crippen LogP contribution < -0.4 is 10.9 Å². The smallest absolute Gasteiger partial charge is 0.412 e. The monoisotopic (exact) mass is 274 g/mol. The lowest BCUT2D eigenvalue weighted by molar-refractivity contribution is 0.0635. The summed E-state index contributed by atoms with van der Waals surface area (Å²) >= 11 is 0. The van der Waals surface area contributed by atoms with Gasteiger partial charge in [0.15, 0.2) is 0 Å². The summed E-state index contributed by atoms with van der Waals surface area (Å²) in [5.74, 6) is 0. The van der Waals surface area contributed by atoms with Crippen LogP contribution in [0.3, 0.4) is 0 Å². The van der Waals surface area contributed by atoms with Crippen LogP contribution in [0.25, 0.3) is 10.9 Å². The fraction of sp³-hybridized carbons (Fsp3) is 0.333. The van der Waals surface area contributed by atoms with E-state index in [0.29, 0.717) is 0 Å². The van der Waals surface area contributed by atoms with E-state index >= 15 is 0 Å². The standard InChI is InChI=1S/C15H18N2O3/c1-15(2,3)20-14(19)16-11-9-10-7-5-6-8-12(10)17(4)13(11)18/h5-9H,1-4H3,(H,16,19).